The van der Waals surface area contributed by atoms with Crippen LogP contribution in [0.15, 0.2) is 6.33 Å². The van der Waals surface area contributed by atoms with E-state index in [1.165, 1.54) is 57.8 Å². The number of nitrogens with one attached hydrogen (secondary N) is 2. The quantitative estimate of drug-likeness (QED) is 0.524. The molecule has 2 aromatic rings. The van der Waals surface area contributed by atoms with Crippen LogP contribution in [-0.2, 0) is 0 Å². The van der Waals surface area contributed by atoms with Crippen molar-refractivity contribution in [1.82, 2.24) is 24.5 Å². The minimum atomic E-state index is 0.340. The molecule has 0 unspecified atom stereocenters. The lowest BCUT2D eigenvalue weighted by Crippen LogP contribution is -2.38. The summed E-state index contributed by atoms with van der Waals surface area (Å²) in [6.45, 7) is 4.41. The van der Waals surface area contributed by atoms with Gasteiger partial charge in [-0.1, -0.05) is 39.0 Å². The van der Waals surface area contributed by atoms with Crippen molar-refractivity contribution in [3.05, 3.63) is 6.33 Å². The number of rotatable bonds is 8. The van der Waals surface area contributed by atoms with E-state index in [-0.39, 0.29) is 0 Å². The van der Waals surface area contributed by atoms with Gasteiger partial charge in [-0.25, -0.2) is 9.99 Å². The first-order chi connectivity index (χ1) is 16.2. The van der Waals surface area contributed by atoms with E-state index in [9.17, 15) is 0 Å². The van der Waals surface area contributed by atoms with Crippen LogP contribution in [0.3, 0.4) is 0 Å². The van der Waals surface area contributed by atoms with Gasteiger partial charge in [-0.2, -0.15) is 9.97 Å². The molecule has 3 aliphatic rings. The third kappa shape index (κ3) is 5.43. The average molecular weight is 455 g/mol. The maximum atomic E-state index is 6.12. The summed E-state index contributed by atoms with van der Waals surface area (Å²) in [6, 6.07) is 1.24. The molecule has 0 atom stereocenters. The van der Waals surface area contributed by atoms with Gasteiger partial charge in [0, 0.05) is 31.2 Å². The van der Waals surface area contributed by atoms with Gasteiger partial charge >= 0.3 is 0 Å². The molecule has 0 spiro atoms. The zero-order chi connectivity index (χ0) is 22.6. The first kappa shape index (κ1) is 22.8. The van der Waals surface area contributed by atoms with Crippen molar-refractivity contribution in [2.45, 2.75) is 109 Å². The minimum Gasteiger partial charge on any atom is -0.351 e. The zero-order valence-electron chi connectivity index (χ0n) is 20.3. The largest absolute Gasteiger partial charge is 0.351 e. The van der Waals surface area contributed by atoms with E-state index >= 15 is 0 Å². The highest BCUT2D eigenvalue weighted by Gasteiger charge is 2.25. The molecule has 3 fully saturated rings. The van der Waals surface area contributed by atoms with Crippen LogP contribution >= 0.6 is 0 Å². The molecule has 5 rings (SSSR count). The fourth-order valence-corrected chi connectivity index (χ4v) is 5.93. The van der Waals surface area contributed by atoms with E-state index < -0.39 is 0 Å². The number of unbranched alkanes of at least 4 members (excludes halogenated alkanes) is 1. The van der Waals surface area contributed by atoms with Crippen LogP contribution in [-0.4, -0.2) is 49.7 Å². The Kier molecular flexibility index (Phi) is 7.30. The summed E-state index contributed by atoms with van der Waals surface area (Å²) < 4.78 is 2.30. The molecule has 0 bridgehead atoms. The highest BCUT2D eigenvalue weighted by atomic mass is 15.5. The monoisotopic (exact) mass is 454 g/mol. The molecule has 0 radical (unpaired) electrons. The fraction of sp³-hybridized carbons (Fsp3) is 0.800. The van der Waals surface area contributed by atoms with Gasteiger partial charge in [-0.05, 0) is 57.3 Å². The summed E-state index contributed by atoms with van der Waals surface area (Å²) >= 11 is 0. The zero-order valence-corrected chi connectivity index (χ0v) is 20.3. The maximum Gasteiger partial charge on any atom is 0.227 e. The molecule has 33 heavy (non-hydrogen) atoms. The molecule has 2 aliphatic carbocycles. The Balaban J connectivity index is 1.35. The van der Waals surface area contributed by atoms with E-state index in [4.69, 9.17) is 20.7 Å². The molecule has 8 heteroatoms. The number of hydrogen-bond donors (Lipinski definition) is 3. The van der Waals surface area contributed by atoms with Crippen LogP contribution < -0.4 is 16.5 Å². The fourth-order valence-electron chi connectivity index (χ4n) is 5.93. The molecule has 4 N–H and O–H groups in total. The van der Waals surface area contributed by atoms with Crippen LogP contribution in [0.4, 0.5) is 11.8 Å². The summed E-state index contributed by atoms with van der Waals surface area (Å²) in [5.74, 6) is 2.44. The SMILES string of the molecule is CCCCC1CCN(Nc2nc(N[C@H]3CC[C@H](N)CC3)nc3c2ncn3C2CCCC2)CC1. The molecule has 1 aliphatic heterocycles. The van der Waals surface area contributed by atoms with E-state index in [0.717, 1.165) is 67.6 Å². The molecule has 0 aromatic carbocycles. The highest BCUT2D eigenvalue weighted by molar-refractivity contribution is 5.84. The Morgan fingerprint density at radius 1 is 1.00 bits per heavy atom. The van der Waals surface area contributed by atoms with Gasteiger partial charge in [-0.3, -0.25) is 0 Å². The second kappa shape index (κ2) is 10.6. The first-order valence-corrected chi connectivity index (χ1v) is 13.5. The Bertz CT molecular complexity index is 889. The molecule has 1 saturated heterocycles. The van der Waals surface area contributed by atoms with Crippen LogP contribution in [0.1, 0.15) is 96.4 Å². The van der Waals surface area contributed by atoms with Crippen molar-refractivity contribution in [3.8, 4) is 0 Å². The van der Waals surface area contributed by atoms with Crippen molar-refractivity contribution in [2.24, 2.45) is 11.7 Å². The van der Waals surface area contributed by atoms with Crippen molar-refractivity contribution in [1.29, 1.82) is 0 Å². The number of aromatic nitrogens is 4. The van der Waals surface area contributed by atoms with Crippen molar-refractivity contribution >= 4 is 22.9 Å². The normalized spacial score (nSPS) is 25.6. The van der Waals surface area contributed by atoms with Crippen LogP contribution in [0, 0.1) is 5.92 Å². The van der Waals surface area contributed by atoms with Crippen molar-refractivity contribution < 1.29 is 0 Å². The second-order valence-electron chi connectivity index (χ2n) is 10.6. The Morgan fingerprint density at radius 2 is 1.76 bits per heavy atom. The molecular formula is C25H42N8. The third-order valence-corrected chi connectivity index (χ3v) is 8.09. The van der Waals surface area contributed by atoms with E-state index in [1.54, 1.807) is 0 Å². The van der Waals surface area contributed by atoms with E-state index in [2.05, 4.69) is 27.2 Å². The lowest BCUT2D eigenvalue weighted by atomic mass is 9.92. The summed E-state index contributed by atoms with van der Waals surface area (Å²) in [7, 11) is 0. The molecule has 8 nitrogen and oxygen atoms in total. The smallest absolute Gasteiger partial charge is 0.227 e. The second-order valence-corrected chi connectivity index (χ2v) is 10.6. The summed E-state index contributed by atoms with van der Waals surface area (Å²) in [4.78, 5) is 14.7. The molecular weight excluding hydrogens is 412 g/mol. The standard InChI is InChI=1S/C25H42N8/c1-2-3-6-18-13-15-32(16-14-18)31-23-22-24(33(17-27-22)21-7-4-5-8-21)30-25(29-23)28-20-11-9-19(26)10-12-20/h17-21H,2-16,26H2,1H3,(H2,28,29,30,31)/t19-,20-. The lowest BCUT2D eigenvalue weighted by molar-refractivity contribution is 0.207. The van der Waals surface area contributed by atoms with Crippen LogP contribution in [0.5, 0.6) is 0 Å². The van der Waals surface area contributed by atoms with Gasteiger partial charge in [-0.15, -0.1) is 0 Å². The third-order valence-electron chi connectivity index (χ3n) is 8.09. The van der Waals surface area contributed by atoms with Crippen molar-refractivity contribution in [2.75, 3.05) is 23.8 Å². The summed E-state index contributed by atoms with van der Waals surface area (Å²) in [6.07, 6.45) is 17.8. The van der Waals surface area contributed by atoms with E-state index in [0.29, 0.717) is 18.1 Å². The number of nitrogens with zero attached hydrogens (tertiary/aromatic N) is 5. The number of hydrogen-bond acceptors (Lipinski definition) is 7. The number of hydrazine groups is 1. The van der Waals surface area contributed by atoms with Gasteiger partial charge < -0.3 is 21.0 Å². The number of anilines is 2. The number of piperidine rings is 1. The Morgan fingerprint density at radius 3 is 2.48 bits per heavy atom. The number of imidazole rings is 1. The van der Waals surface area contributed by atoms with Gasteiger partial charge in [0.05, 0.1) is 6.33 Å². The minimum absolute atomic E-state index is 0.340. The van der Waals surface area contributed by atoms with Crippen LogP contribution in [0.2, 0.25) is 0 Å². The maximum absolute atomic E-state index is 6.12. The first-order valence-electron chi connectivity index (χ1n) is 13.5. The Hall–Kier alpha value is -1.93. The summed E-state index contributed by atoms with van der Waals surface area (Å²) in [5.41, 5.74) is 11.6. The van der Waals surface area contributed by atoms with Gasteiger partial charge in [0.2, 0.25) is 5.95 Å². The predicted molar refractivity (Wildman–Crippen MR) is 134 cm³/mol. The number of nitrogens with two attached hydrogens (primary N) is 1. The predicted octanol–water partition coefficient (Wildman–Crippen LogP) is 4.85. The van der Waals surface area contributed by atoms with Crippen LogP contribution in [0.25, 0.3) is 11.2 Å². The lowest BCUT2D eigenvalue weighted by Gasteiger charge is -2.32. The van der Waals surface area contributed by atoms with E-state index in [1.807, 2.05) is 6.33 Å². The van der Waals surface area contributed by atoms with Gasteiger partial charge in [0.1, 0.15) is 0 Å². The molecule has 2 aromatic heterocycles. The van der Waals surface area contributed by atoms with Gasteiger partial charge in [0.15, 0.2) is 17.0 Å². The Labute approximate surface area is 198 Å². The molecule has 182 valence electrons. The van der Waals surface area contributed by atoms with Gasteiger partial charge in [0.25, 0.3) is 0 Å². The molecule has 3 heterocycles. The average Bonchev–Trinajstić information content (AvgIpc) is 3.50. The summed E-state index contributed by atoms with van der Waals surface area (Å²) in [5, 5.41) is 5.97. The number of fused-ring (bicyclic) bond motifs is 1. The molecule has 0 amide bonds. The molecule has 2 saturated carbocycles. The van der Waals surface area contributed by atoms with Crippen molar-refractivity contribution in [3.63, 3.8) is 0 Å². The highest BCUT2D eigenvalue weighted by Crippen LogP contribution is 2.34. The topological polar surface area (TPSA) is 96.9 Å².